The smallest absolute Gasteiger partial charge is 0.0721 e. The summed E-state index contributed by atoms with van der Waals surface area (Å²) in [6.07, 6.45) is 8.63. The summed E-state index contributed by atoms with van der Waals surface area (Å²) in [4.78, 5) is 0. The van der Waals surface area contributed by atoms with Crippen molar-refractivity contribution in [1.29, 1.82) is 0 Å². The minimum absolute atomic E-state index is 0.633. The maximum atomic E-state index is 5.83. The molecule has 24 heavy (non-hydrogen) atoms. The predicted octanol–water partition coefficient (Wildman–Crippen LogP) is 6.17. The second-order valence-electron chi connectivity index (χ2n) is 6.34. The van der Waals surface area contributed by atoms with E-state index in [4.69, 9.17) is 4.74 Å². The van der Waals surface area contributed by atoms with E-state index >= 15 is 0 Å². The average molecular weight is 316 g/mol. The molecule has 122 valence electrons. The molecule has 0 unspecified atom stereocenters. The van der Waals surface area contributed by atoms with Gasteiger partial charge in [-0.05, 0) is 47.6 Å². The zero-order valence-electron chi connectivity index (χ0n) is 14.3. The molecule has 1 aliphatic carbocycles. The fraction of sp³-hybridized carbons (Fsp3) is 0.217. The van der Waals surface area contributed by atoms with Crippen LogP contribution >= 0.6 is 0 Å². The first-order valence-electron chi connectivity index (χ1n) is 8.49. The third-order valence-electron chi connectivity index (χ3n) is 4.44. The molecule has 0 aliphatic heterocycles. The van der Waals surface area contributed by atoms with Gasteiger partial charge >= 0.3 is 0 Å². The molecule has 2 aromatic rings. The molecule has 0 fully saturated rings. The minimum Gasteiger partial charge on any atom is -0.372 e. The third-order valence-corrected chi connectivity index (χ3v) is 4.44. The van der Waals surface area contributed by atoms with E-state index in [2.05, 4.69) is 74.2 Å². The van der Waals surface area contributed by atoms with Crippen molar-refractivity contribution in [2.24, 2.45) is 0 Å². The monoisotopic (exact) mass is 316 g/mol. The molecular formula is C23H24O. The van der Waals surface area contributed by atoms with E-state index in [1.807, 2.05) is 6.08 Å². The van der Waals surface area contributed by atoms with Gasteiger partial charge in [0.15, 0.2) is 0 Å². The Hall–Kier alpha value is -2.38. The highest BCUT2D eigenvalue weighted by Gasteiger charge is 2.06. The Labute approximate surface area is 145 Å². The van der Waals surface area contributed by atoms with Crippen LogP contribution in [0, 0.1) is 0 Å². The van der Waals surface area contributed by atoms with Crippen molar-refractivity contribution in [3.05, 3.63) is 95.1 Å². The van der Waals surface area contributed by atoms with Gasteiger partial charge in [0, 0.05) is 0 Å². The van der Waals surface area contributed by atoms with E-state index in [1.165, 1.54) is 34.3 Å². The zero-order valence-corrected chi connectivity index (χ0v) is 14.3. The lowest BCUT2D eigenvalue weighted by atomic mass is 9.93. The van der Waals surface area contributed by atoms with E-state index < -0.39 is 0 Å². The van der Waals surface area contributed by atoms with Crippen molar-refractivity contribution in [2.75, 3.05) is 0 Å². The lowest BCUT2D eigenvalue weighted by Crippen LogP contribution is -1.95. The van der Waals surface area contributed by atoms with Crippen LogP contribution < -0.4 is 0 Å². The molecule has 1 aliphatic rings. The van der Waals surface area contributed by atoms with Crippen LogP contribution in [0.5, 0.6) is 0 Å². The molecule has 0 radical (unpaired) electrons. The highest BCUT2D eigenvalue weighted by Crippen LogP contribution is 2.26. The highest BCUT2D eigenvalue weighted by molar-refractivity contribution is 5.68. The summed E-state index contributed by atoms with van der Waals surface area (Å²) >= 11 is 0. The summed E-state index contributed by atoms with van der Waals surface area (Å²) in [5.74, 6) is 0. The van der Waals surface area contributed by atoms with Gasteiger partial charge in [0.1, 0.15) is 0 Å². The van der Waals surface area contributed by atoms with E-state index in [-0.39, 0.29) is 0 Å². The van der Waals surface area contributed by atoms with Crippen LogP contribution in [-0.4, -0.2) is 0 Å². The topological polar surface area (TPSA) is 9.23 Å². The normalized spacial score (nSPS) is 14.0. The molecule has 0 aromatic heterocycles. The zero-order chi connectivity index (χ0) is 16.8. The van der Waals surface area contributed by atoms with Gasteiger partial charge in [-0.15, -0.1) is 0 Å². The highest BCUT2D eigenvalue weighted by atomic mass is 16.5. The molecule has 0 amide bonds. The van der Waals surface area contributed by atoms with E-state index in [1.54, 1.807) is 0 Å². The molecule has 0 atom stereocenters. The Morgan fingerprint density at radius 1 is 0.875 bits per heavy atom. The van der Waals surface area contributed by atoms with Gasteiger partial charge < -0.3 is 4.74 Å². The molecule has 0 saturated carbocycles. The number of allylic oxidation sites excluding steroid dienone is 4. The largest absolute Gasteiger partial charge is 0.372 e. The summed E-state index contributed by atoms with van der Waals surface area (Å²) in [5.41, 5.74) is 7.75. The summed E-state index contributed by atoms with van der Waals surface area (Å²) in [6, 6.07) is 17.1. The number of ether oxygens (including phenoxy) is 1. The van der Waals surface area contributed by atoms with Crippen LogP contribution in [0.15, 0.2) is 72.8 Å². The van der Waals surface area contributed by atoms with E-state index in [9.17, 15) is 0 Å². The molecule has 1 heteroatoms. The molecule has 3 rings (SSSR count). The first-order valence-corrected chi connectivity index (χ1v) is 8.49. The molecule has 0 spiro atoms. The predicted molar refractivity (Wildman–Crippen MR) is 102 cm³/mol. The van der Waals surface area contributed by atoms with Crippen LogP contribution in [0.3, 0.4) is 0 Å². The van der Waals surface area contributed by atoms with Gasteiger partial charge in [-0.2, -0.15) is 0 Å². The summed E-state index contributed by atoms with van der Waals surface area (Å²) < 4.78 is 5.83. The maximum absolute atomic E-state index is 5.83. The molecule has 0 heterocycles. The van der Waals surface area contributed by atoms with Gasteiger partial charge in [0.05, 0.1) is 13.2 Å². The Balaban J connectivity index is 1.53. The summed E-state index contributed by atoms with van der Waals surface area (Å²) in [5, 5.41) is 0. The van der Waals surface area contributed by atoms with Crippen molar-refractivity contribution >= 4 is 11.6 Å². The van der Waals surface area contributed by atoms with Crippen molar-refractivity contribution in [3.8, 4) is 0 Å². The quantitative estimate of drug-likeness (QED) is 0.619. The van der Waals surface area contributed by atoms with Gasteiger partial charge in [-0.3, -0.25) is 0 Å². The molecule has 2 aromatic carbocycles. The SMILES string of the molecule is C=Cc1ccc(COCc2ccc(C3=CC=C(C)CC3)cc2)cc1. The lowest BCUT2D eigenvalue weighted by molar-refractivity contribution is 0.107. The first-order chi connectivity index (χ1) is 11.7. The Bertz CT molecular complexity index is 746. The molecule has 0 N–H and O–H groups in total. The summed E-state index contributed by atoms with van der Waals surface area (Å²) in [7, 11) is 0. The van der Waals surface area contributed by atoms with E-state index in [0.717, 1.165) is 12.0 Å². The van der Waals surface area contributed by atoms with Gasteiger partial charge in [0.2, 0.25) is 0 Å². The molecule has 0 bridgehead atoms. The van der Waals surface area contributed by atoms with Gasteiger partial charge in [-0.1, -0.05) is 78.9 Å². The first kappa shape index (κ1) is 16.5. The average Bonchev–Trinajstić information content (AvgIpc) is 2.64. The molecular weight excluding hydrogens is 292 g/mol. The minimum atomic E-state index is 0.633. The number of hydrogen-bond donors (Lipinski definition) is 0. The van der Waals surface area contributed by atoms with Crippen LogP contribution in [0.1, 0.15) is 42.0 Å². The third kappa shape index (κ3) is 4.33. The standard InChI is InChI=1S/C23H24O/c1-3-19-6-8-20(9-7-19)16-24-17-21-10-14-23(15-11-21)22-12-4-18(2)5-13-22/h3-4,6-12,14-15H,1,5,13,16-17H2,2H3. The van der Waals surface area contributed by atoms with Crippen molar-refractivity contribution in [3.63, 3.8) is 0 Å². The van der Waals surface area contributed by atoms with Crippen LogP contribution in [0.4, 0.5) is 0 Å². The van der Waals surface area contributed by atoms with Crippen molar-refractivity contribution in [2.45, 2.75) is 33.0 Å². The molecule has 1 nitrogen and oxygen atoms in total. The van der Waals surface area contributed by atoms with Crippen molar-refractivity contribution < 1.29 is 4.74 Å². The lowest BCUT2D eigenvalue weighted by Gasteiger charge is -2.13. The number of hydrogen-bond acceptors (Lipinski definition) is 1. The second kappa shape index (κ2) is 7.94. The Morgan fingerprint density at radius 3 is 2.04 bits per heavy atom. The Kier molecular flexibility index (Phi) is 5.45. The Morgan fingerprint density at radius 2 is 1.50 bits per heavy atom. The second-order valence-corrected chi connectivity index (χ2v) is 6.34. The van der Waals surface area contributed by atoms with Gasteiger partial charge in [-0.25, -0.2) is 0 Å². The van der Waals surface area contributed by atoms with Crippen LogP contribution in [0.2, 0.25) is 0 Å². The fourth-order valence-corrected chi connectivity index (χ4v) is 2.83. The van der Waals surface area contributed by atoms with E-state index in [0.29, 0.717) is 13.2 Å². The fourth-order valence-electron chi connectivity index (χ4n) is 2.83. The van der Waals surface area contributed by atoms with Crippen LogP contribution in [-0.2, 0) is 18.0 Å². The van der Waals surface area contributed by atoms with Crippen LogP contribution in [0.25, 0.3) is 11.6 Å². The molecule has 0 saturated heterocycles. The number of benzene rings is 2. The number of rotatable bonds is 6. The van der Waals surface area contributed by atoms with Gasteiger partial charge in [0.25, 0.3) is 0 Å². The maximum Gasteiger partial charge on any atom is 0.0721 e. The van der Waals surface area contributed by atoms with Crippen molar-refractivity contribution in [1.82, 2.24) is 0 Å². The summed E-state index contributed by atoms with van der Waals surface area (Å²) in [6.45, 7) is 7.24.